The molecule has 0 atom stereocenters. The molecular formula is C12H11ClN2O3. The third kappa shape index (κ3) is 2.62. The van der Waals surface area contributed by atoms with E-state index < -0.39 is 5.97 Å². The van der Waals surface area contributed by atoms with Crippen LogP contribution in [-0.4, -0.2) is 20.6 Å². The van der Waals surface area contributed by atoms with Gasteiger partial charge in [0.2, 0.25) is 0 Å². The summed E-state index contributed by atoms with van der Waals surface area (Å²) in [6, 6.07) is 7.01. The molecule has 5 nitrogen and oxygen atoms in total. The van der Waals surface area contributed by atoms with Crippen LogP contribution in [0.5, 0.6) is 11.8 Å². The van der Waals surface area contributed by atoms with Gasteiger partial charge in [0.15, 0.2) is 5.69 Å². The highest BCUT2D eigenvalue weighted by atomic mass is 35.5. The summed E-state index contributed by atoms with van der Waals surface area (Å²) < 4.78 is 7.14. The fraction of sp³-hybridized carbons (Fsp3) is 0.167. The molecule has 0 amide bonds. The number of imidazole rings is 1. The SMILES string of the molecule is CCn1cc(C(=O)O)nc1Oc1ccc(Cl)cc1. The minimum absolute atomic E-state index is 0.0409. The first kappa shape index (κ1) is 12.4. The van der Waals surface area contributed by atoms with Crippen LogP contribution in [0.1, 0.15) is 17.4 Å². The Kier molecular flexibility index (Phi) is 3.53. The summed E-state index contributed by atoms with van der Waals surface area (Å²) in [6.45, 7) is 2.45. The Morgan fingerprint density at radius 3 is 2.67 bits per heavy atom. The third-order valence-corrected chi connectivity index (χ3v) is 2.57. The molecule has 0 aliphatic rings. The second kappa shape index (κ2) is 5.10. The normalized spacial score (nSPS) is 10.3. The summed E-state index contributed by atoms with van der Waals surface area (Å²) >= 11 is 5.76. The maximum Gasteiger partial charge on any atom is 0.356 e. The minimum Gasteiger partial charge on any atom is -0.476 e. The van der Waals surface area contributed by atoms with Gasteiger partial charge in [-0.2, -0.15) is 4.98 Å². The average Bonchev–Trinajstić information content (AvgIpc) is 2.75. The van der Waals surface area contributed by atoms with Gasteiger partial charge in [-0.15, -0.1) is 0 Å². The van der Waals surface area contributed by atoms with Crippen LogP contribution in [0.2, 0.25) is 5.02 Å². The van der Waals surface area contributed by atoms with Crippen molar-refractivity contribution in [3.63, 3.8) is 0 Å². The van der Waals surface area contributed by atoms with Crippen LogP contribution < -0.4 is 4.74 Å². The number of halogens is 1. The number of aryl methyl sites for hydroxylation is 1. The Labute approximate surface area is 109 Å². The van der Waals surface area contributed by atoms with E-state index in [1.807, 2.05) is 6.92 Å². The van der Waals surface area contributed by atoms with Crippen LogP contribution in [0.15, 0.2) is 30.5 Å². The second-order valence-corrected chi connectivity index (χ2v) is 3.99. The molecule has 0 bridgehead atoms. The largest absolute Gasteiger partial charge is 0.476 e. The monoisotopic (exact) mass is 266 g/mol. The molecule has 0 saturated carbocycles. The molecule has 2 rings (SSSR count). The number of aromatic carboxylic acids is 1. The van der Waals surface area contributed by atoms with Crippen LogP contribution in [0.25, 0.3) is 0 Å². The molecule has 0 spiro atoms. The fourth-order valence-corrected chi connectivity index (χ4v) is 1.54. The van der Waals surface area contributed by atoms with Crippen LogP contribution in [0.4, 0.5) is 0 Å². The van der Waals surface area contributed by atoms with Crippen molar-refractivity contribution >= 4 is 17.6 Å². The number of carboxylic acid groups (broad SMARTS) is 1. The van der Waals surface area contributed by atoms with Gasteiger partial charge in [0.1, 0.15) is 5.75 Å². The zero-order valence-corrected chi connectivity index (χ0v) is 10.4. The second-order valence-electron chi connectivity index (χ2n) is 3.56. The highest BCUT2D eigenvalue weighted by molar-refractivity contribution is 6.30. The molecule has 1 heterocycles. The minimum atomic E-state index is -1.08. The van der Waals surface area contributed by atoms with Gasteiger partial charge in [-0.25, -0.2) is 4.79 Å². The molecule has 0 saturated heterocycles. The third-order valence-electron chi connectivity index (χ3n) is 2.32. The zero-order valence-electron chi connectivity index (χ0n) is 9.63. The van der Waals surface area contributed by atoms with Crippen molar-refractivity contribution in [1.82, 2.24) is 9.55 Å². The fourth-order valence-electron chi connectivity index (χ4n) is 1.42. The van der Waals surface area contributed by atoms with Crippen LogP contribution in [-0.2, 0) is 6.54 Å². The molecule has 1 aromatic heterocycles. The van der Waals surface area contributed by atoms with E-state index in [1.165, 1.54) is 6.20 Å². The molecule has 1 N–H and O–H groups in total. The lowest BCUT2D eigenvalue weighted by atomic mass is 10.3. The van der Waals surface area contributed by atoms with Gasteiger partial charge in [-0.3, -0.25) is 0 Å². The summed E-state index contributed by atoms with van der Waals surface area (Å²) in [4.78, 5) is 14.7. The number of hydrogen-bond donors (Lipinski definition) is 1. The first-order valence-electron chi connectivity index (χ1n) is 5.34. The van der Waals surface area contributed by atoms with Crippen LogP contribution >= 0.6 is 11.6 Å². The van der Waals surface area contributed by atoms with Crippen molar-refractivity contribution < 1.29 is 14.6 Å². The molecule has 0 aliphatic heterocycles. The van der Waals surface area contributed by atoms with Gasteiger partial charge >= 0.3 is 12.0 Å². The van der Waals surface area contributed by atoms with Crippen molar-refractivity contribution in [2.75, 3.05) is 0 Å². The van der Waals surface area contributed by atoms with E-state index in [0.29, 0.717) is 17.3 Å². The van der Waals surface area contributed by atoms with E-state index in [4.69, 9.17) is 21.4 Å². The number of hydrogen-bond acceptors (Lipinski definition) is 3. The Balaban J connectivity index is 2.27. The first-order valence-corrected chi connectivity index (χ1v) is 5.72. The lowest BCUT2D eigenvalue weighted by molar-refractivity contribution is 0.0690. The number of nitrogens with zero attached hydrogens (tertiary/aromatic N) is 2. The van der Waals surface area contributed by atoms with Crippen molar-refractivity contribution in [2.45, 2.75) is 13.5 Å². The zero-order chi connectivity index (χ0) is 13.1. The molecule has 1 aromatic carbocycles. The molecule has 0 radical (unpaired) electrons. The van der Waals surface area contributed by atoms with Gasteiger partial charge in [-0.1, -0.05) is 11.6 Å². The molecule has 0 aliphatic carbocycles. The van der Waals surface area contributed by atoms with Crippen molar-refractivity contribution in [2.24, 2.45) is 0 Å². The first-order chi connectivity index (χ1) is 8.60. The summed E-state index contributed by atoms with van der Waals surface area (Å²) in [6.07, 6.45) is 1.44. The van der Waals surface area contributed by atoms with Crippen molar-refractivity contribution in [1.29, 1.82) is 0 Å². The van der Waals surface area contributed by atoms with E-state index in [-0.39, 0.29) is 11.7 Å². The highest BCUT2D eigenvalue weighted by Gasteiger charge is 2.13. The Bertz CT molecular complexity index is 563. The molecule has 0 fully saturated rings. The highest BCUT2D eigenvalue weighted by Crippen LogP contribution is 2.22. The molecule has 18 heavy (non-hydrogen) atoms. The van der Waals surface area contributed by atoms with Crippen LogP contribution in [0.3, 0.4) is 0 Å². The lowest BCUT2D eigenvalue weighted by Crippen LogP contribution is -1.96. The predicted octanol–water partition coefficient (Wildman–Crippen LogP) is 3.05. The van der Waals surface area contributed by atoms with E-state index >= 15 is 0 Å². The van der Waals surface area contributed by atoms with E-state index in [1.54, 1.807) is 28.8 Å². The maximum atomic E-state index is 10.8. The van der Waals surface area contributed by atoms with Crippen LogP contribution in [0, 0.1) is 0 Å². The number of rotatable bonds is 4. The summed E-state index contributed by atoms with van der Waals surface area (Å²) in [5.74, 6) is -0.528. The molecule has 0 unspecified atom stereocenters. The number of ether oxygens (including phenoxy) is 1. The average molecular weight is 267 g/mol. The molecule has 2 aromatic rings. The molecular weight excluding hydrogens is 256 g/mol. The van der Waals surface area contributed by atoms with Gasteiger partial charge in [0.25, 0.3) is 0 Å². The topological polar surface area (TPSA) is 64.4 Å². The summed E-state index contributed by atoms with van der Waals surface area (Å²) in [5, 5.41) is 9.48. The quantitative estimate of drug-likeness (QED) is 0.924. The smallest absolute Gasteiger partial charge is 0.356 e. The number of carboxylic acids is 1. The number of benzene rings is 1. The lowest BCUT2D eigenvalue weighted by Gasteiger charge is -2.06. The Morgan fingerprint density at radius 2 is 2.11 bits per heavy atom. The van der Waals surface area contributed by atoms with Gasteiger partial charge in [-0.05, 0) is 31.2 Å². The molecule has 6 heteroatoms. The van der Waals surface area contributed by atoms with E-state index in [9.17, 15) is 4.79 Å². The Hall–Kier alpha value is -2.01. The van der Waals surface area contributed by atoms with Crippen molar-refractivity contribution in [3.05, 3.63) is 41.2 Å². The maximum absolute atomic E-state index is 10.8. The summed E-state index contributed by atoms with van der Waals surface area (Å²) in [7, 11) is 0. The van der Waals surface area contributed by atoms with E-state index in [2.05, 4.69) is 4.98 Å². The van der Waals surface area contributed by atoms with Gasteiger partial charge in [0.05, 0.1) is 0 Å². The van der Waals surface area contributed by atoms with E-state index in [0.717, 1.165) is 0 Å². The van der Waals surface area contributed by atoms with Gasteiger partial charge < -0.3 is 14.4 Å². The number of aromatic nitrogens is 2. The number of carbonyl (C=O) groups is 1. The Morgan fingerprint density at radius 1 is 1.44 bits per heavy atom. The van der Waals surface area contributed by atoms with Gasteiger partial charge in [0, 0.05) is 17.8 Å². The standard InChI is InChI=1S/C12H11ClN2O3/c1-2-15-7-10(11(16)17)14-12(15)18-9-5-3-8(13)4-6-9/h3-7H,2H2,1H3,(H,16,17). The van der Waals surface area contributed by atoms with Crippen molar-refractivity contribution in [3.8, 4) is 11.8 Å². The predicted molar refractivity (Wildman–Crippen MR) is 66.4 cm³/mol. The summed E-state index contributed by atoms with van der Waals surface area (Å²) in [5.41, 5.74) is -0.0409. The molecule has 94 valence electrons.